The van der Waals surface area contributed by atoms with E-state index in [1.807, 2.05) is 18.2 Å². The van der Waals surface area contributed by atoms with Crippen molar-refractivity contribution in [2.24, 2.45) is 0 Å². The summed E-state index contributed by atoms with van der Waals surface area (Å²) in [5, 5.41) is 0.946. The Morgan fingerprint density at radius 3 is 2.50 bits per heavy atom. The smallest absolute Gasteiger partial charge is 0.174 e. The van der Waals surface area contributed by atoms with Crippen molar-refractivity contribution in [1.82, 2.24) is 0 Å². The third kappa shape index (κ3) is 3.62. The topological polar surface area (TPSA) is 43.4 Å². The summed E-state index contributed by atoms with van der Waals surface area (Å²) >= 11 is 0. The summed E-state index contributed by atoms with van der Waals surface area (Å²) in [6, 6.07) is 9.09. The molecule has 0 saturated heterocycles. The lowest BCUT2D eigenvalue weighted by atomic mass is 10.3. The minimum absolute atomic E-state index is 0.0363. The molecule has 14 heavy (non-hydrogen) atoms. The fourth-order valence-corrected chi connectivity index (χ4v) is 1.36. The summed E-state index contributed by atoms with van der Waals surface area (Å²) in [5.74, 6) is 0.637. The van der Waals surface area contributed by atoms with Gasteiger partial charge in [-0.3, -0.25) is 0 Å². The molecule has 0 atom stereocenters. The standard InChI is InChI=1S/C10H12O3S/c1-2-14(11,12)9-8-13-10-6-4-3-5-7-10/h2-7H,1,8-9H2. The Morgan fingerprint density at radius 1 is 1.29 bits per heavy atom. The highest BCUT2D eigenvalue weighted by Gasteiger charge is 2.04. The number of ether oxygens (including phenoxy) is 1. The molecule has 0 spiro atoms. The summed E-state index contributed by atoms with van der Waals surface area (Å²) < 4.78 is 27.2. The molecular formula is C10H12O3S. The molecule has 76 valence electrons. The van der Waals surface area contributed by atoms with Gasteiger partial charge in [0.2, 0.25) is 0 Å². The van der Waals surface area contributed by atoms with Gasteiger partial charge in [0.25, 0.3) is 0 Å². The van der Waals surface area contributed by atoms with Gasteiger partial charge in [-0.15, -0.1) is 0 Å². The zero-order valence-corrected chi connectivity index (χ0v) is 8.53. The summed E-state index contributed by atoms with van der Waals surface area (Å²) in [6.45, 7) is 3.37. The quantitative estimate of drug-likeness (QED) is 0.745. The van der Waals surface area contributed by atoms with Crippen molar-refractivity contribution in [3.05, 3.63) is 42.3 Å². The molecule has 1 rings (SSSR count). The number of hydrogen-bond acceptors (Lipinski definition) is 3. The second-order valence-corrected chi connectivity index (χ2v) is 4.76. The molecule has 0 aliphatic heterocycles. The van der Waals surface area contributed by atoms with Gasteiger partial charge in [0.15, 0.2) is 9.84 Å². The molecule has 0 aromatic heterocycles. The molecule has 1 aromatic rings. The lowest BCUT2D eigenvalue weighted by Gasteiger charge is -2.04. The maximum Gasteiger partial charge on any atom is 0.174 e. The number of rotatable bonds is 5. The van der Waals surface area contributed by atoms with Crippen molar-refractivity contribution in [3.63, 3.8) is 0 Å². The maximum absolute atomic E-state index is 11.0. The van der Waals surface area contributed by atoms with Crippen LogP contribution >= 0.6 is 0 Å². The van der Waals surface area contributed by atoms with Crippen molar-refractivity contribution in [3.8, 4) is 5.75 Å². The van der Waals surface area contributed by atoms with E-state index in [0.29, 0.717) is 5.75 Å². The van der Waals surface area contributed by atoms with E-state index in [0.717, 1.165) is 5.41 Å². The predicted octanol–water partition coefficient (Wildman–Crippen LogP) is 1.62. The second-order valence-electron chi connectivity index (χ2n) is 2.70. The van der Waals surface area contributed by atoms with E-state index in [4.69, 9.17) is 4.74 Å². The molecule has 0 aliphatic carbocycles. The van der Waals surface area contributed by atoms with Crippen LogP contribution in [0.2, 0.25) is 0 Å². The van der Waals surface area contributed by atoms with Crippen molar-refractivity contribution < 1.29 is 13.2 Å². The van der Waals surface area contributed by atoms with Gasteiger partial charge in [-0.1, -0.05) is 24.8 Å². The molecule has 0 heterocycles. The minimum Gasteiger partial charge on any atom is -0.493 e. The molecule has 0 unspecified atom stereocenters. The first-order valence-corrected chi connectivity index (χ1v) is 5.88. The van der Waals surface area contributed by atoms with Crippen LogP contribution in [-0.2, 0) is 9.84 Å². The zero-order chi connectivity index (χ0) is 10.4. The van der Waals surface area contributed by atoms with Gasteiger partial charge in [-0.05, 0) is 12.1 Å². The highest BCUT2D eigenvalue weighted by molar-refractivity contribution is 7.94. The van der Waals surface area contributed by atoms with E-state index in [1.54, 1.807) is 12.1 Å². The Kier molecular flexibility index (Phi) is 3.71. The van der Waals surface area contributed by atoms with Gasteiger partial charge < -0.3 is 4.74 Å². The average Bonchev–Trinajstić information content (AvgIpc) is 2.19. The molecule has 0 saturated carbocycles. The Bertz CT molecular complexity index is 381. The number of benzene rings is 1. The predicted molar refractivity (Wildman–Crippen MR) is 55.9 cm³/mol. The number of hydrogen-bond donors (Lipinski definition) is 0. The van der Waals surface area contributed by atoms with Crippen LogP contribution in [-0.4, -0.2) is 20.8 Å². The molecule has 4 heteroatoms. The molecule has 0 fully saturated rings. The molecular weight excluding hydrogens is 200 g/mol. The van der Waals surface area contributed by atoms with Crippen LogP contribution in [0.4, 0.5) is 0 Å². The third-order valence-corrected chi connectivity index (χ3v) is 2.88. The summed E-state index contributed by atoms with van der Waals surface area (Å²) in [6.07, 6.45) is 0. The van der Waals surface area contributed by atoms with Gasteiger partial charge >= 0.3 is 0 Å². The Hall–Kier alpha value is -1.29. The molecule has 0 bridgehead atoms. The van der Waals surface area contributed by atoms with Gasteiger partial charge in [0.1, 0.15) is 12.4 Å². The van der Waals surface area contributed by atoms with Crippen molar-refractivity contribution in [2.45, 2.75) is 0 Å². The summed E-state index contributed by atoms with van der Waals surface area (Å²) in [4.78, 5) is 0. The van der Waals surface area contributed by atoms with E-state index in [1.165, 1.54) is 0 Å². The first-order chi connectivity index (χ1) is 6.64. The van der Waals surface area contributed by atoms with Crippen LogP contribution in [0.25, 0.3) is 0 Å². The van der Waals surface area contributed by atoms with Crippen molar-refractivity contribution in [2.75, 3.05) is 12.4 Å². The molecule has 3 nitrogen and oxygen atoms in total. The van der Waals surface area contributed by atoms with Gasteiger partial charge in [-0.2, -0.15) is 0 Å². The van der Waals surface area contributed by atoms with Crippen molar-refractivity contribution in [1.29, 1.82) is 0 Å². The van der Waals surface area contributed by atoms with E-state index in [2.05, 4.69) is 6.58 Å². The minimum atomic E-state index is -3.15. The molecule has 0 N–H and O–H groups in total. The highest BCUT2D eigenvalue weighted by Crippen LogP contribution is 2.08. The fourth-order valence-electron chi connectivity index (χ4n) is 0.876. The normalized spacial score (nSPS) is 10.9. The van der Waals surface area contributed by atoms with E-state index < -0.39 is 9.84 Å². The van der Waals surface area contributed by atoms with Gasteiger partial charge in [0, 0.05) is 5.41 Å². The molecule has 1 aromatic carbocycles. The average molecular weight is 212 g/mol. The zero-order valence-electron chi connectivity index (χ0n) is 7.72. The third-order valence-electron chi connectivity index (χ3n) is 1.63. The number of sulfone groups is 1. The lowest BCUT2D eigenvalue weighted by molar-refractivity contribution is 0.341. The largest absolute Gasteiger partial charge is 0.493 e. The van der Waals surface area contributed by atoms with Crippen LogP contribution in [0.15, 0.2) is 42.3 Å². The first kappa shape index (κ1) is 10.8. The van der Waals surface area contributed by atoms with Crippen LogP contribution in [0, 0.1) is 0 Å². The highest BCUT2D eigenvalue weighted by atomic mass is 32.2. The first-order valence-electron chi connectivity index (χ1n) is 4.17. The van der Waals surface area contributed by atoms with Crippen LogP contribution < -0.4 is 4.74 Å². The lowest BCUT2D eigenvalue weighted by Crippen LogP contribution is -2.11. The second kappa shape index (κ2) is 4.81. The monoisotopic (exact) mass is 212 g/mol. The van der Waals surface area contributed by atoms with E-state index in [9.17, 15) is 8.42 Å². The van der Waals surface area contributed by atoms with E-state index >= 15 is 0 Å². The SMILES string of the molecule is C=CS(=O)(=O)CCOc1ccccc1. The summed E-state index contributed by atoms with van der Waals surface area (Å²) in [7, 11) is -3.15. The molecule has 0 aliphatic rings. The summed E-state index contributed by atoms with van der Waals surface area (Å²) in [5.41, 5.74) is 0. The fraction of sp³-hybridized carbons (Fsp3) is 0.200. The van der Waals surface area contributed by atoms with E-state index in [-0.39, 0.29) is 12.4 Å². The maximum atomic E-state index is 11.0. The Labute approximate surface area is 83.9 Å². The Morgan fingerprint density at radius 2 is 1.93 bits per heavy atom. The van der Waals surface area contributed by atoms with Crippen molar-refractivity contribution >= 4 is 9.84 Å². The Balaban J connectivity index is 2.40. The van der Waals surface area contributed by atoms with Gasteiger partial charge in [0.05, 0.1) is 5.75 Å². The van der Waals surface area contributed by atoms with Crippen LogP contribution in [0.5, 0.6) is 5.75 Å². The molecule has 0 amide bonds. The van der Waals surface area contributed by atoms with Gasteiger partial charge in [-0.25, -0.2) is 8.42 Å². The number of para-hydroxylation sites is 1. The van der Waals surface area contributed by atoms with Crippen LogP contribution in [0.1, 0.15) is 0 Å². The van der Waals surface area contributed by atoms with Crippen LogP contribution in [0.3, 0.4) is 0 Å². The molecule has 0 radical (unpaired) electrons.